The first-order valence-electron chi connectivity index (χ1n) is 6.49. The molecule has 0 saturated carbocycles. The van der Waals surface area contributed by atoms with Gasteiger partial charge in [0, 0.05) is 6.61 Å². The van der Waals surface area contributed by atoms with Crippen LogP contribution in [0, 0.1) is 13.8 Å². The molecule has 0 spiro atoms. The predicted octanol–water partition coefficient (Wildman–Crippen LogP) is 2.78. The second-order valence-electron chi connectivity index (χ2n) is 4.68. The zero-order valence-electron chi connectivity index (χ0n) is 11.8. The minimum Gasteiger partial charge on any atom is -0.386 e. The summed E-state index contributed by atoms with van der Waals surface area (Å²) in [7, 11) is 0. The van der Waals surface area contributed by atoms with Crippen LogP contribution in [0.25, 0.3) is 0 Å². The first-order chi connectivity index (χ1) is 8.54. The molecule has 3 heteroatoms. The quantitative estimate of drug-likeness (QED) is 0.811. The molecule has 1 aromatic rings. The topological polar surface area (TPSA) is 38.7 Å². The van der Waals surface area contributed by atoms with Gasteiger partial charge in [-0.3, -0.25) is 0 Å². The summed E-state index contributed by atoms with van der Waals surface area (Å²) in [6, 6.07) is 6.04. The Morgan fingerprint density at radius 3 is 2.56 bits per heavy atom. The molecule has 0 aliphatic rings. The molecule has 0 aromatic heterocycles. The number of aliphatic hydroxyl groups excluding tert-OH is 1. The molecule has 1 aromatic carbocycles. The Balaban J connectivity index is 2.47. The van der Waals surface area contributed by atoms with E-state index in [9.17, 15) is 5.11 Å². The van der Waals surface area contributed by atoms with E-state index in [1.165, 1.54) is 5.56 Å². The molecule has 1 N–H and O–H groups in total. The van der Waals surface area contributed by atoms with Crippen molar-refractivity contribution in [3.05, 3.63) is 34.9 Å². The van der Waals surface area contributed by atoms with E-state index in [2.05, 4.69) is 6.07 Å². The number of hydrogen-bond acceptors (Lipinski definition) is 3. The van der Waals surface area contributed by atoms with Crippen LogP contribution >= 0.6 is 0 Å². The first kappa shape index (κ1) is 15.2. The Kier molecular flexibility index (Phi) is 6.33. The molecule has 18 heavy (non-hydrogen) atoms. The van der Waals surface area contributed by atoms with Crippen molar-refractivity contribution in [1.82, 2.24) is 0 Å². The smallest absolute Gasteiger partial charge is 0.103 e. The summed E-state index contributed by atoms with van der Waals surface area (Å²) in [6.07, 6.45) is -0.569. The lowest BCUT2D eigenvalue weighted by Gasteiger charge is -2.18. The van der Waals surface area contributed by atoms with Gasteiger partial charge in [0.2, 0.25) is 0 Å². The summed E-state index contributed by atoms with van der Waals surface area (Å²) >= 11 is 0. The lowest BCUT2D eigenvalue weighted by atomic mass is 10.0. The van der Waals surface area contributed by atoms with Crippen LogP contribution in [0.15, 0.2) is 18.2 Å². The number of ether oxygens (including phenoxy) is 2. The lowest BCUT2D eigenvalue weighted by Crippen LogP contribution is -2.20. The fraction of sp³-hybridized carbons (Fsp3) is 0.600. The van der Waals surface area contributed by atoms with Crippen molar-refractivity contribution >= 4 is 0 Å². The number of benzene rings is 1. The van der Waals surface area contributed by atoms with E-state index < -0.39 is 6.10 Å². The predicted molar refractivity (Wildman–Crippen MR) is 72.8 cm³/mol. The maximum atomic E-state index is 10.1. The third kappa shape index (κ3) is 4.77. The minimum absolute atomic E-state index is 0.00496. The summed E-state index contributed by atoms with van der Waals surface area (Å²) in [5.41, 5.74) is 3.24. The average molecular weight is 252 g/mol. The first-order valence-corrected chi connectivity index (χ1v) is 6.49. The van der Waals surface area contributed by atoms with Crippen LogP contribution < -0.4 is 0 Å². The SMILES string of the molecule is CCOCC(C)OCC(O)c1ccc(C)cc1C. The van der Waals surface area contributed by atoms with Gasteiger partial charge in [-0.15, -0.1) is 0 Å². The van der Waals surface area contributed by atoms with Crippen LogP contribution in [0.2, 0.25) is 0 Å². The van der Waals surface area contributed by atoms with Gasteiger partial charge in [-0.1, -0.05) is 23.8 Å². The van der Waals surface area contributed by atoms with Gasteiger partial charge in [0.25, 0.3) is 0 Å². The fourth-order valence-corrected chi connectivity index (χ4v) is 1.88. The third-order valence-corrected chi connectivity index (χ3v) is 2.88. The maximum Gasteiger partial charge on any atom is 0.103 e. The monoisotopic (exact) mass is 252 g/mol. The summed E-state index contributed by atoms with van der Waals surface area (Å²) < 4.78 is 10.8. The highest BCUT2D eigenvalue weighted by Gasteiger charge is 2.12. The number of aryl methyl sites for hydroxylation is 2. The molecule has 0 radical (unpaired) electrons. The Hall–Kier alpha value is -0.900. The van der Waals surface area contributed by atoms with Crippen molar-refractivity contribution in [1.29, 1.82) is 0 Å². The summed E-state index contributed by atoms with van der Waals surface area (Å²) in [4.78, 5) is 0. The lowest BCUT2D eigenvalue weighted by molar-refractivity contribution is -0.0396. The highest BCUT2D eigenvalue weighted by Crippen LogP contribution is 2.19. The highest BCUT2D eigenvalue weighted by atomic mass is 16.5. The van der Waals surface area contributed by atoms with E-state index in [0.29, 0.717) is 19.8 Å². The van der Waals surface area contributed by atoms with Gasteiger partial charge in [-0.25, -0.2) is 0 Å². The van der Waals surface area contributed by atoms with Crippen LogP contribution in [-0.4, -0.2) is 31.0 Å². The average Bonchev–Trinajstić information content (AvgIpc) is 2.33. The molecule has 2 unspecified atom stereocenters. The standard InChI is InChI=1S/C15H24O3/c1-5-17-9-13(4)18-10-15(16)14-7-6-11(2)8-12(14)3/h6-8,13,15-16H,5,9-10H2,1-4H3. The van der Waals surface area contributed by atoms with E-state index in [0.717, 1.165) is 11.1 Å². The molecule has 0 saturated heterocycles. The van der Waals surface area contributed by atoms with Gasteiger partial charge in [-0.2, -0.15) is 0 Å². The number of rotatable bonds is 7. The Labute approximate surface area is 110 Å². The Bertz CT molecular complexity index is 363. The molecular weight excluding hydrogens is 228 g/mol. The van der Waals surface area contributed by atoms with Crippen molar-refractivity contribution in [2.45, 2.75) is 39.9 Å². The molecule has 0 bridgehead atoms. The van der Waals surface area contributed by atoms with Gasteiger partial charge in [0.1, 0.15) is 6.10 Å². The molecule has 102 valence electrons. The van der Waals surface area contributed by atoms with E-state index >= 15 is 0 Å². The number of hydrogen-bond donors (Lipinski definition) is 1. The highest BCUT2D eigenvalue weighted by molar-refractivity contribution is 5.31. The van der Waals surface area contributed by atoms with Crippen LogP contribution in [0.1, 0.15) is 36.6 Å². The largest absolute Gasteiger partial charge is 0.386 e. The molecule has 0 aliphatic heterocycles. The van der Waals surface area contributed by atoms with Crippen molar-refractivity contribution in [3.63, 3.8) is 0 Å². The molecular formula is C15H24O3. The van der Waals surface area contributed by atoms with Gasteiger partial charge >= 0.3 is 0 Å². The van der Waals surface area contributed by atoms with Gasteiger partial charge in [0.05, 0.1) is 19.3 Å². The summed E-state index contributed by atoms with van der Waals surface area (Å²) in [5.74, 6) is 0. The van der Waals surface area contributed by atoms with E-state index in [1.807, 2.05) is 39.8 Å². The molecule has 0 aliphatic carbocycles. The molecule has 3 nitrogen and oxygen atoms in total. The fourth-order valence-electron chi connectivity index (χ4n) is 1.88. The van der Waals surface area contributed by atoms with E-state index in [-0.39, 0.29) is 6.10 Å². The van der Waals surface area contributed by atoms with E-state index in [4.69, 9.17) is 9.47 Å². The summed E-state index contributed by atoms with van der Waals surface area (Å²) in [5, 5.41) is 10.1. The third-order valence-electron chi connectivity index (χ3n) is 2.88. The molecule has 1 rings (SSSR count). The van der Waals surface area contributed by atoms with Gasteiger partial charge < -0.3 is 14.6 Å². The molecule has 2 atom stereocenters. The maximum absolute atomic E-state index is 10.1. The van der Waals surface area contributed by atoms with Crippen molar-refractivity contribution in [2.24, 2.45) is 0 Å². The second-order valence-corrected chi connectivity index (χ2v) is 4.68. The minimum atomic E-state index is -0.574. The zero-order chi connectivity index (χ0) is 13.5. The van der Waals surface area contributed by atoms with Crippen LogP contribution in [0.3, 0.4) is 0 Å². The van der Waals surface area contributed by atoms with Crippen molar-refractivity contribution in [3.8, 4) is 0 Å². The van der Waals surface area contributed by atoms with Gasteiger partial charge in [0.15, 0.2) is 0 Å². The van der Waals surface area contributed by atoms with Crippen molar-refractivity contribution < 1.29 is 14.6 Å². The van der Waals surface area contributed by atoms with Crippen LogP contribution in [0.4, 0.5) is 0 Å². The summed E-state index contributed by atoms with van der Waals surface area (Å²) in [6.45, 7) is 9.52. The molecule has 0 fully saturated rings. The van der Waals surface area contributed by atoms with Crippen LogP contribution in [0.5, 0.6) is 0 Å². The normalized spacial score (nSPS) is 14.5. The zero-order valence-corrected chi connectivity index (χ0v) is 11.8. The van der Waals surface area contributed by atoms with Crippen LogP contribution in [-0.2, 0) is 9.47 Å². The van der Waals surface area contributed by atoms with E-state index in [1.54, 1.807) is 0 Å². The second kappa shape index (κ2) is 7.52. The molecule has 0 amide bonds. The van der Waals surface area contributed by atoms with Crippen molar-refractivity contribution in [2.75, 3.05) is 19.8 Å². The number of aliphatic hydroxyl groups is 1. The molecule has 0 heterocycles. The Morgan fingerprint density at radius 1 is 1.22 bits per heavy atom. The van der Waals surface area contributed by atoms with Gasteiger partial charge in [-0.05, 0) is 38.8 Å². The Morgan fingerprint density at radius 2 is 1.94 bits per heavy atom.